The SMILES string of the molecule is CN(C)c1ccc(-c2c(O)c(=O)c2=O)c(O)c1. The lowest BCUT2D eigenvalue weighted by Crippen LogP contribution is -2.31. The van der Waals surface area contributed by atoms with Crippen LogP contribution in [-0.4, -0.2) is 24.3 Å². The highest BCUT2D eigenvalue weighted by Gasteiger charge is 2.23. The minimum absolute atomic E-state index is 0.113. The average molecular weight is 233 g/mol. The Hall–Kier alpha value is -2.30. The summed E-state index contributed by atoms with van der Waals surface area (Å²) in [5.74, 6) is -0.721. The summed E-state index contributed by atoms with van der Waals surface area (Å²) in [5.41, 5.74) is -0.855. The zero-order chi connectivity index (χ0) is 12.7. The van der Waals surface area contributed by atoms with Gasteiger partial charge in [-0.1, -0.05) is 0 Å². The van der Waals surface area contributed by atoms with E-state index < -0.39 is 16.6 Å². The van der Waals surface area contributed by atoms with E-state index in [0.717, 1.165) is 5.69 Å². The van der Waals surface area contributed by atoms with Crippen LogP contribution < -0.4 is 15.8 Å². The van der Waals surface area contributed by atoms with Gasteiger partial charge in [0.2, 0.25) is 5.43 Å². The van der Waals surface area contributed by atoms with Gasteiger partial charge in [-0.2, -0.15) is 0 Å². The molecule has 17 heavy (non-hydrogen) atoms. The Morgan fingerprint density at radius 2 is 1.71 bits per heavy atom. The van der Waals surface area contributed by atoms with Crippen LogP contribution in [0.4, 0.5) is 5.69 Å². The molecule has 0 saturated heterocycles. The lowest BCUT2D eigenvalue weighted by molar-refractivity contribution is 0.460. The molecule has 0 atom stereocenters. The molecule has 2 aromatic carbocycles. The van der Waals surface area contributed by atoms with Gasteiger partial charge >= 0.3 is 0 Å². The molecule has 2 aromatic rings. The predicted molar refractivity (Wildman–Crippen MR) is 64.4 cm³/mol. The Morgan fingerprint density at radius 1 is 1.06 bits per heavy atom. The number of benzene rings is 1. The zero-order valence-electron chi connectivity index (χ0n) is 9.39. The van der Waals surface area contributed by atoms with Crippen LogP contribution in [0.2, 0.25) is 0 Å². The zero-order valence-corrected chi connectivity index (χ0v) is 9.39. The van der Waals surface area contributed by atoms with Crippen molar-refractivity contribution in [2.75, 3.05) is 19.0 Å². The summed E-state index contributed by atoms with van der Waals surface area (Å²) in [7, 11) is 3.62. The van der Waals surface area contributed by atoms with Crippen molar-refractivity contribution in [3.63, 3.8) is 0 Å². The van der Waals surface area contributed by atoms with Crippen molar-refractivity contribution in [3.8, 4) is 22.6 Å². The molecule has 0 aliphatic heterocycles. The molecule has 0 bridgehead atoms. The van der Waals surface area contributed by atoms with Crippen LogP contribution in [0, 0.1) is 0 Å². The van der Waals surface area contributed by atoms with Crippen molar-refractivity contribution in [3.05, 3.63) is 38.6 Å². The van der Waals surface area contributed by atoms with E-state index in [0.29, 0.717) is 0 Å². The van der Waals surface area contributed by atoms with Crippen LogP contribution in [0.3, 0.4) is 0 Å². The molecule has 0 unspecified atom stereocenters. The average Bonchev–Trinajstić information content (AvgIpc) is 2.30. The summed E-state index contributed by atoms with van der Waals surface area (Å²) in [6.07, 6.45) is 0. The Labute approximate surface area is 96.9 Å². The third-order valence-electron chi connectivity index (χ3n) is 2.65. The van der Waals surface area contributed by atoms with E-state index in [1.165, 1.54) is 12.1 Å². The van der Waals surface area contributed by atoms with Crippen molar-refractivity contribution < 1.29 is 10.2 Å². The van der Waals surface area contributed by atoms with Gasteiger partial charge < -0.3 is 15.1 Å². The summed E-state index contributed by atoms with van der Waals surface area (Å²) < 4.78 is 0. The molecule has 5 nitrogen and oxygen atoms in total. The highest BCUT2D eigenvalue weighted by Crippen LogP contribution is 2.34. The van der Waals surface area contributed by atoms with Gasteiger partial charge in [0.25, 0.3) is 5.43 Å². The molecule has 0 aromatic heterocycles. The third-order valence-corrected chi connectivity index (χ3v) is 2.65. The monoisotopic (exact) mass is 233 g/mol. The highest BCUT2D eigenvalue weighted by molar-refractivity contribution is 5.79. The summed E-state index contributed by atoms with van der Waals surface area (Å²) in [6.45, 7) is 0. The predicted octanol–water partition coefficient (Wildman–Crippen LogP) is 0.427. The molecule has 0 fully saturated rings. The molecule has 0 heterocycles. The second-order valence-corrected chi connectivity index (χ2v) is 3.98. The maximum atomic E-state index is 11.3. The summed E-state index contributed by atoms with van der Waals surface area (Å²) in [5, 5.41) is 19.1. The lowest BCUT2D eigenvalue weighted by atomic mass is 9.99. The van der Waals surface area contributed by atoms with Gasteiger partial charge in [-0.15, -0.1) is 0 Å². The molecule has 0 radical (unpaired) electrons. The molecule has 88 valence electrons. The third kappa shape index (κ3) is 1.56. The fourth-order valence-electron chi connectivity index (χ4n) is 1.64. The van der Waals surface area contributed by atoms with Crippen molar-refractivity contribution >= 4 is 5.69 Å². The molecular formula is C12H11NO4. The normalized spacial score (nSPS) is 10.7. The molecule has 0 saturated carbocycles. The lowest BCUT2D eigenvalue weighted by Gasteiger charge is -2.14. The van der Waals surface area contributed by atoms with E-state index in [-0.39, 0.29) is 16.9 Å². The largest absolute Gasteiger partial charge is 0.507 e. The standard InChI is InChI=1S/C12H11NO4/c1-13(2)6-3-4-7(8(14)5-6)9-10(15)12(17)11(9)16/h3-5,14-15H,1-2H3. The summed E-state index contributed by atoms with van der Waals surface area (Å²) in [6, 6.07) is 4.65. The maximum absolute atomic E-state index is 11.3. The molecule has 2 N–H and O–H groups in total. The van der Waals surface area contributed by atoms with Crippen LogP contribution in [0.1, 0.15) is 0 Å². The number of nitrogens with zero attached hydrogens (tertiary/aromatic N) is 1. The van der Waals surface area contributed by atoms with E-state index in [2.05, 4.69) is 0 Å². The van der Waals surface area contributed by atoms with E-state index in [9.17, 15) is 19.8 Å². The number of rotatable bonds is 2. The molecule has 5 heteroatoms. The van der Waals surface area contributed by atoms with E-state index >= 15 is 0 Å². The number of hydrogen-bond acceptors (Lipinski definition) is 5. The fraction of sp³-hybridized carbons (Fsp3) is 0.167. The van der Waals surface area contributed by atoms with Crippen LogP contribution in [0.15, 0.2) is 27.8 Å². The topological polar surface area (TPSA) is 77.8 Å². The second kappa shape index (κ2) is 3.62. The highest BCUT2D eigenvalue weighted by atomic mass is 16.3. The van der Waals surface area contributed by atoms with Crippen molar-refractivity contribution in [2.24, 2.45) is 0 Å². The Kier molecular flexibility index (Phi) is 2.38. The van der Waals surface area contributed by atoms with E-state index in [1.54, 1.807) is 11.0 Å². The number of aromatic hydroxyl groups is 2. The van der Waals surface area contributed by atoms with Crippen molar-refractivity contribution in [2.45, 2.75) is 0 Å². The van der Waals surface area contributed by atoms with Gasteiger partial charge in [0, 0.05) is 31.4 Å². The van der Waals surface area contributed by atoms with E-state index in [4.69, 9.17) is 0 Å². The minimum atomic E-state index is -0.906. The first-order chi connectivity index (χ1) is 7.93. The Bertz CT molecular complexity index is 651. The van der Waals surface area contributed by atoms with Crippen molar-refractivity contribution in [1.82, 2.24) is 0 Å². The van der Waals surface area contributed by atoms with Crippen LogP contribution in [0.5, 0.6) is 11.5 Å². The smallest absolute Gasteiger partial charge is 0.268 e. The maximum Gasteiger partial charge on any atom is 0.268 e. The molecule has 0 aliphatic rings. The summed E-state index contributed by atoms with van der Waals surface area (Å²) >= 11 is 0. The van der Waals surface area contributed by atoms with Crippen LogP contribution in [-0.2, 0) is 0 Å². The molecule has 0 aliphatic carbocycles. The first-order valence-corrected chi connectivity index (χ1v) is 4.96. The quantitative estimate of drug-likeness (QED) is 0.735. The van der Waals surface area contributed by atoms with Gasteiger partial charge in [-0.05, 0) is 12.1 Å². The second-order valence-electron chi connectivity index (χ2n) is 3.98. The molecular weight excluding hydrogens is 222 g/mol. The first kappa shape index (κ1) is 11.2. The van der Waals surface area contributed by atoms with Crippen LogP contribution >= 0.6 is 0 Å². The van der Waals surface area contributed by atoms with Crippen molar-refractivity contribution in [1.29, 1.82) is 0 Å². The van der Waals surface area contributed by atoms with Gasteiger partial charge in [-0.3, -0.25) is 9.59 Å². The minimum Gasteiger partial charge on any atom is -0.507 e. The Morgan fingerprint density at radius 3 is 2.18 bits per heavy atom. The van der Waals surface area contributed by atoms with Gasteiger partial charge in [0.1, 0.15) is 5.75 Å². The fourth-order valence-corrected chi connectivity index (χ4v) is 1.64. The van der Waals surface area contributed by atoms with Gasteiger partial charge in [0.15, 0.2) is 5.75 Å². The molecule has 0 amide bonds. The first-order valence-electron chi connectivity index (χ1n) is 4.96. The van der Waals surface area contributed by atoms with E-state index in [1.807, 2.05) is 14.1 Å². The number of phenolic OH excluding ortho intramolecular Hbond substituents is 1. The van der Waals surface area contributed by atoms with Gasteiger partial charge in [-0.25, -0.2) is 0 Å². The number of hydrogen-bond donors (Lipinski definition) is 2. The number of phenols is 1. The Balaban J connectivity index is 2.56. The molecule has 2 rings (SSSR count). The van der Waals surface area contributed by atoms with Gasteiger partial charge in [0.05, 0.1) is 5.56 Å². The summed E-state index contributed by atoms with van der Waals surface area (Å²) in [4.78, 5) is 23.9. The number of anilines is 1. The molecule has 0 spiro atoms. The van der Waals surface area contributed by atoms with Crippen LogP contribution in [0.25, 0.3) is 11.1 Å².